The molecule has 8 nitrogen and oxygen atoms in total. The fraction of sp³-hybridized carbons (Fsp3) is 0.542. The maximum atomic E-state index is 13.8. The van der Waals surface area contributed by atoms with Crippen LogP contribution >= 0.6 is 0 Å². The third-order valence-corrected chi connectivity index (χ3v) is 7.16. The Labute approximate surface area is 201 Å². The average Bonchev–Trinajstić information content (AvgIpc) is 3.26. The quantitative estimate of drug-likeness (QED) is 0.657. The highest BCUT2D eigenvalue weighted by molar-refractivity contribution is 5.96. The molecule has 5 rings (SSSR count). The number of hydrogen-bond donors (Lipinski definition) is 0. The molecule has 35 heavy (non-hydrogen) atoms. The van der Waals surface area contributed by atoms with E-state index in [2.05, 4.69) is 10.1 Å². The number of carbonyl (C=O) groups is 2. The van der Waals surface area contributed by atoms with E-state index >= 15 is 0 Å². The molecule has 2 fully saturated rings. The van der Waals surface area contributed by atoms with Crippen molar-refractivity contribution in [1.29, 1.82) is 0 Å². The fourth-order valence-corrected chi connectivity index (χ4v) is 5.36. The molecule has 3 aliphatic heterocycles. The molecule has 11 heteroatoms. The third-order valence-electron chi connectivity index (χ3n) is 7.16. The Morgan fingerprint density at radius 1 is 0.971 bits per heavy atom. The van der Waals surface area contributed by atoms with Gasteiger partial charge in [0.25, 0.3) is 5.91 Å². The minimum Gasteiger partial charge on any atom is -0.497 e. The number of hydrogen-bond acceptors (Lipinski definition) is 5. The summed E-state index contributed by atoms with van der Waals surface area (Å²) in [5, 5.41) is 7.73. The average molecular weight is 492 g/mol. The largest absolute Gasteiger partial charge is 0.497 e. The van der Waals surface area contributed by atoms with Crippen molar-refractivity contribution in [2.24, 2.45) is 0 Å². The van der Waals surface area contributed by atoms with Gasteiger partial charge in [0, 0.05) is 44.2 Å². The summed E-state index contributed by atoms with van der Waals surface area (Å²) in [5.41, 5.74) is -0.714. The second-order valence-electron chi connectivity index (χ2n) is 9.19. The first-order valence-electron chi connectivity index (χ1n) is 12.0. The van der Waals surface area contributed by atoms with E-state index in [-0.39, 0.29) is 36.2 Å². The molecule has 0 radical (unpaired) electrons. The number of nitrogens with zero attached hydrogens (tertiary/aromatic N) is 5. The molecule has 0 N–H and O–H groups in total. The predicted octanol–water partition coefficient (Wildman–Crippen LogP) is 3.29. The summed E-state index contributed by atoms with van der Waals surface area (Å²) >= 11 is 0. The first-order valence-corrected chi connectivity index (χ1v) is 12.0. The van der Waals surface area contributed by atoms with Gasteiger partial charge < -0.3 is 9.64 Å². The van der Waals surface area contributed by atoms with Gasteiger partial charge in [0.1, 0.15) is 11.4 Å². The number of hydrazine groups is 1. The molecule has 0 atom stereocenters. The van der Waals surface area contributed by atoms with Crippen LogP contribution in [0.4, 0.5) is 13.2 Å². The fourth-order valence-electron chi connectivity index (χ4n) is 5.36. The van der Waals surface area contributed by atoms with E-state index in [9.17, 15) is 22.8 Å². The Hall–Kier alpha value is -3.08. The normalized spacial score (nSPS) is 20.3. The van der Waals surface area contributed by atoms with Crippen molar-refractivity contribution in [2.45, 2.75) is 50.7 Å². The Morgan fingerprint density at radius 3 is 2.31 bits per heavy atom. The second kappa shape index (κ2) is 9.18. The summed E-state index contributed by atoms with van der Waals surface area (Å²) in [6, 6.07) is 6.33. The van der Waals surface area contributed by atoms with Gasteiger partial charge in [0.15, 0.2) is 5.69 Å². The van der Waals surface area contributed by atoms with E-state index in [1.165, 1.54) is 7.11 Å². The number of halogens is 3. The highest BCUT2D eigenvalue weighted by Gasteiger charge is 2.44. The molecule has 0 bridgehead atoms. The number of alkyl halides is 3. The molecule has 188 valence electrons. The predicted molar refractivity (Wildman–Crippen MR) is 120 cm³/mol. The molecule has 0 spiro atoms. The molecule has 2 saturated heterocycles. The highest BCUT2D eigenvalue weighted by atomic mass is 19.4. The number of methoxy groups -OCH3 is 1. The Kier molecular flexibility index (Phi) is 6.20. The van der Waals surface area contributed by atoms with Crippen molar-refractivity contribution in [2.75, 3.05) is 33.3 Å². The lowest BCUT2D eigenvalue weighted by atomic mass is 9.97. The van der Waals surface area contributed by atoms with E-state index in [4.69, 9.17) is 4.74 Å². The number of fused-ring (bicyclic) bond motifs is 1. The van der Waals surface area contributed by atoms with Crippen LogP contribution < -0.4 is 4.74 Å². The maximum Gasteiger partial charge on any atom is 0.435 e. The minimum atomic E-state index is -4.66. The molecule has 0 unspecified atom stereocenters. The number of piperidine rings is 2. The van der Waals surface area contributed by atoms with E-state index in [1.807, 2.05) is 5.01 Å². The molecule has 3 aliphatic rings. The number of aromatic nitrogens is 2. The van der Waals surface area contributed by atoms with Crippen LogP contribution in [0.15, 0.2) is 24.3 Å². The first kappa shape index (κ1) is 23.7. The number of amides is 2. The summed E-state index contributed by atoms with van der Waals surface area (Å²) in [6.07, 6.45) is -0.785. The van der Waals surface area contributed by atoms with E-state index in [0.717, 1.165) is 24.1 Å². The summed E-state index contributed by atoms with van der Waals surface area (Å²) in [7, 11) is 1.50. The van der Waals surface area contributed by atoms with Crippen molar-refractivity contribution in [3.8, 4) is 11.4 Å². The van der Waals surface area contributed by atoms with Gasteiger partial charge in [-0.2, -0.15) is 18.3 Å². The van der Waals surface area contributed by atoms with Gasteiger partial charge in [-0.1, -0.05) is 0 Å². The smallest absolute Gasteiger partial charge is 0.435 e. The molecule has 1 aromatic carbocycles. The Morgan fingerprint density at radius 2 is 1.69 bits per heavy atom. The topological polar surface area (TPSA) is 70.9 Å². The summed E-state index contributed by atoms with van der Waals surface area (Å²) < 4.78 is 47.6. The second-order valence-corrected chi connectivity index (χ2v) is 9.19. The number of ether oxygens (including phenoxy) is 1. The monoisotopic (exact) mass is 491 g/mol. The molecule has 0 saturated carbocycles. The van der Waals surface area contributed by atoms with Gasteiger partial charge >= 0.3 is 6.18 Å². The summed E-state index contributed by atoms with van der Waals surface area (Å²) in [4.78, 5) is 27.6. The standard InChI is InChI=1S/C24H28F3N5O3/c1-35-18-7-5-17(6-8-18)32-21-19(22(28-32)24(25,26)27)11-15-30(23(21)34)16-9-13-29(14-10-16)31-12-3-2-4-20(31)33/h5-8,16H,2-4,9-15H2,1H3. The van der Waals surface area contributed by atoms with E-state index in [0.29, 0.717) is 43.8 Å². The van der Waals surface area contributed by atoms with Gasteiger partial charge in [-0.15, -0.1) is 0 Å². The van der Waals surface area contributed by atoms with Crippen molar-refractivity contribution < 1.29 is 27.5 Å². The van der Waals surface area contributed by atoms with E-state index in [1.54, 1.807) is 29.2 Å². The zero-order valence-electron chi connectivity index (χ0n) is 19.6. The van der Waals surface area contributed by atoms with Crippen LogP contribution in [0.25, 0.3) is 5.69 Å². The van der Waals surface area contributed by atoms with Crippen LogP contribution in [0.1, 0.15) is 53.8 Å². The van der Waals surface area contributed by atoms with Crippen molar-refractivity contribution in [1.82, 2.24) is 24.7 Å². The molecular formula is C24H28F3N5O3. The molecule has 2 amide bonds. The Balaban J connectivity index is 1.40. The maximum absolute atomic E-state index is 13.8. The minimum absolute atomic E-state index is 0.0256. The molecule has 0 aliphatic carbocycles. The molecule has 2 aromatic rings. The van der Waals surface area contributed by atoms with Gasteiger partial charge in [-0.25, -0.2) is 9.69 Å². The molecule has 1 aromatic heterocycles. The SMILES string of the molecule is COc1ccc(-n2nc(C(F)(F)F)c3c2C(=O)N(C2CCN(N4CCCCC4=O)CC2)CC3)cc1. The van der Waals surface area contributed by atoms with Gasteiger partial charge in [0.2, 0.25) is 5.91 Å². The zero-order chi connectivity index (χ0) is 24.7. The van der Waals surface area contributed by atoms with Crippen molar-refractivity contribution in [3.63, 3.8) is 0 Å². The van der Waals surface area contributed by atoms with E-state index < -0.39 is 17.8 Å². The number of carbonyl (C=O) groups excluding carboxylic acids is 2. The van der Waals surface area contributed by atoms with Gasteiger partial charge in [-0.3, -0.25) is 14.6 Å². The highest BCUT2D eigenvalue weighted by Crippen LogP contribution is 2.37. The summed E-state index contributed by atoms with van der Waals surface area (Å²) in [6.45, 7) is 2.21. The Bertz CT molecular complexity index is 1110. The lowest BCUT2D eigenvalue weighted by molar-refractivity contribution is -0.155. The first-order chi connectivity index (χ1) is 16.8. The van der Waals surface area contributed by atoms with Crippen LogP contribution in [0.3, 0.4) is 0 Å². The number of benzene rings is 1. The van der Waals surface area contributed by atoms with Gasteiger partial charge in [-0.05, 0) is 56.4 Å². The molecule has 4 heterocycles. The number of rotatable bonds is 4. The zero-order valence-corrected chi connectivity index (χ0v) is 19.6. The van der Waals surface area contributed by atoms with Crippen LogP contribution in [-0.4, -0.2) is 75.8 Å². The van der Waals surface area contributed by atoms with Crippen LogP contribution in [-0.2, 0) is 17.4 Å². The lowest BCUT2D eigenvalue weighted by Crippen LogP contribution is -2.56. The third kappa shape index (κ3) is 4.37. The van der Waals surface area contributed by atoms with Gasteiger partial charge in [0.05, 0.1) is 12.8 Å². The van der Waals surface area contributed by atoms with Crippen LogP contribution in [0.2, 0.25) is 0 Å². The molecular weight excluding hydrogens is 463 g/mol. The van der Waals surface area contributed by atoms with Crippen molar-refractivity contribution in [3.05, 3.63) is 41.2 Å². The van der Waals surface area contributed by atoms with Crippen molar-refractivity contribution >= 4 is 11.8 Å². The lowest BCUT2D eigenvalue weighted by Gasteiger charge is -2.44. The van der Waals surface area contributed by atoms with Crippen LogP contribution in [0.5, 0.6) is 5.75 Å². The summed E-state index contributed by atoms with van der Waals surface area (Å²) in [5.74, 6) is 0.256. The van der Waals surface area contributed by atoms with Crippen LogP contribution in [0, 0.1) is 0 Å².